The molecule has 1 unspecified atom stereocenters. The second-order valence-electron chi connectivity index (χ2n) is 1.80. The van der Waals surface area contributed by atoms with Gasteiger partial charge in [-0.1, -0.05) is 29.8 Å². The molecule has 2 heteroatoms. The lowest BCUT2D eigenvalue weighted by Crippen LogP contribution is -1.75. The van der Waals surface area contributed by atoms with Crippen molar-refractivity contribution in [1.82, 2.24) is 0 Å². The molecule has 0 aliphatic rings. The van der Waals surface area contributed by atoms with Gasteiger partial charge >= 0.3 is 0 Å². The predicted molar refractivity (Wildman–Crippen MR) is 44.9 cm³/mol. The van der Waals surface area contributed by atoms with Crippen LogP contribution in [0.5, 0.6) is 0 Å². The van der Waals surface area contributed by atoms with E-state index in [4.69, 9.17) is 11.6 Å². The van der Waals surface area contributed by atoms with Gasteiger partial charge in [-0.2, -0.15) is 0 Å². The highest BCUT2D eigenvalue weighted by atomic mass is 35.5. The molecule has 0 nitrogen and oxygen atoms in total. The molecule has 0 heterocycles. The fourth-order valence-corrected chi connectivity index (χ4v) is 1.36. The van der Waals surface area contributed by atoms with Gasteiger partial charge in [0.25, 0.3) is 0 Å². The molecule has 0 fully saturated rings. The normalized spacial score (nSPS) is 9.56. The first-order chi connectivity index (χ1) is 4.34. The van der Waals surface area contributed by atoms with Crippen molar-refractivity contribution in [3.8, 4) is 0 Å². The van der Waals surface area contributed by atoms with E-state index in [-0.39, 0.29) is 0 Å². The van der Waals surface area contributed by atoms with Crippen LogP contribution in [0.15, 0.2) is 24.3 Å². The summed E-state index contributed by atoms with van der Waals surface area (Å²) in [5, 5.41) is 0.854. The monoisotopic (exact) mass is 158 g/mol. The van der Waals surface area contributed by atoms with E-state index in [0.29, 0.717) is 0 Å². The summed E-state index contributed by atoms with van der Waals surface area (Å²) in [5.74, 6) is 0. The summed E-state index contributed by atoms with van der Waals surface area (Å²) < 4.78 is 0. The summed E-state index contributed by atoms with van der Waals surface area (Å²) >= 11 is 5.81. The third-order valence-corrected chi connectivity index (χ3v) is 1.99. The van der Waals surface area contributed by atoms with E-state index in [1.807, 2.05) is 24.3 Å². The molecule has 9 heavy (non-hydrogen) atoms. The minimum atomic E-state index is 0.854. The third kappa shape index (κ3) is 1.67. The van der Waals surface area contributed by atoms with E-state index in [1.165, 1.54) is 5.56 Å². The third-order valence-electron chi connectivity index (χ3n) is 1.18. The Kier molecular flexibility index (Phi) is 2.50. The van der Waals surface area contributed by atoms with E-state index in [2.05, 4.69) is 9.24 Å². The van der Waals surface area contributed by atoms with Crippen LogP contribution in [0.25, 0.3) is 0 Å². The van der Waals surface area contributed by atoms with Crippen LogP contribution in [0, 0.1) is 0 Å². The van der Waals surface area contributed by atoms with Crippen molar-refractivity contribution < 1.29 is 0 Å². The Morgan fingerprint density at radius 2 is 2.00 bits per heavy atom. The summed E-state index contributed by atoms with van der Waals surface area (Å²) in [4.78, 5) is 0. The fraction of sp³-hybridized carbons (Fsp3) is 0.143. The molecule has 0 aliphatic carbocycles. The zero-order valence-electron chi connectivity index (χ0n) is 4.97. The maximum absolute atomic E-state index is 5.81. The molecule has 0 amide bonds. The lowest BCUT2D eigenvalue weighted by atomic mass is 10.2. The second-order valence-corrected chi connectivity index (χ2v) is 2.61. The zero-order chi connectivity index (χ0) is 6.69. The molecular formula is C7H8ClP. The molecule has 0 bridgehead atoms. The van der Waals surface area contributed by atoms with Crippen molar-refractivity contribution in [1.29, 1.82) is 0 Å². The van der Waals surface area contributed by atoms with E-state index in [0.717, 1.165) is 11.2 Å². The fourth-order valence-electron chi connectivity index (χ4n) is 0.664. The van der Waals surface area contributed by atoms with Crippen molar-refractivity contribution in [3.05, 3.63) is 34.9 Å². The summed E-state index contributed by atoms with van der Waals surface area (Å²) in [6.07, 6.45) is 0.930. The molecule has 1 aromatic carbocycles. The van der Waals surface area contributed by atoms with Crippen LogP contribution in [-0.2, 0) is 6.16 Å². The first kappa shape index (κ1) is 7.05. The minimum Gasteiger partial charge on any atom is -0.133 e. The van der Waals surface area contributed by atoms with Gasteiger partial charge < -0.3 is 0 Å². The Morgan fingerprint density at radius 3 is 2.44 bits per heavy atom. The highest BCUT2D eigenvalue weighted by Crippen LogP contribution is 2.16. The SMILES string of the molecule is PCc1ccccc1Cl. The molecule has 0 aliphatic heterocycles. The molecule has 0 aromatic heterocycles. The van der Waals surface area contributed by atoms with Gasteiger partial charge in [0.15, 0.2) is 0 Å². The maximum atomic E-state index is 5.81. The number of rotatable bonds is 1. The highest BCUT2D eigenvalue weighted by Gasteiger charge is 1.91. The zero-order valence-corrected chi connectivity index (χ0v) is 6.88. The van der Waals surface area contributed by atoms with Crippen LogP contribution in [0.3, 0.4) is 0 Å². The average Bonchev–Trinajstić information content (AvgIpc) is 1.89. The first-order valence-electron chi connectivity index (χ1n) is 2.78. The Labute approximate surface area is 62.4 Å². The van der Waals surface area contributed by atoms with Crippen molar-refractivity contribution in [2.45, 2.75) is 6.16 Å². The van der Waals surface area contributed by atoms with Crippen LogP contribution in [-0.4, -0.2) is 0 Å². The average molecular weight is 159 g/mol. The topological polar surface area (TPSA) is 0 Å². The molecule has 0 saturated heterocycles. The van der Waals surface area contributed by atoms with Gasteiger partial charge in [-0.3, -0.25) is 0 Å². The lowest BCUT2D eigenvalue weighted by molar-refractivity contribution is 1.42. The Bertz CT molecular complexity index is 198. The van der Waals surface area contributed by atoms with E-state index >= 15 is 0 Å². The maximum Gasteiger partial charge on any atom is 0.0441 e. The molecule has 0 radical (unpaired) electrons. The Balaban J connectivity index is 3.01. The van der Waals surface area contributed by atoms with Crippen molar-refractivity contribution in [2.24, 2.45) is 0 Å². The van der Waals surface area contributed by atoms with Crippen molar-refractivity contribution in [3.63, 3.8) is 0 Å². The van der Waals surface area contributed by atoms with Gasteiger partial charge in [0.05, 0.1) is 0 Å². The van der Waals surface area contributed by atoms with Gasteiger partial charge in [-0.25, -0.2) is 0 Å². The van der Waals surface area contributed by atoms with Gasteiger partial charge in [0.2, 0.25) is 0 Å². The summed E-state index contributed by atoms with van der Waals surface area (Å²) in [6.45, 7) is 0. The van der Waals surface area contributed by atoms with E-state index in [9.17, 15) is 0 Å². The van der Waals surface area contributed by atoms with Crippen molar-refractivity contribution in [2.75, 3.05) is 0 Å². The van der Waals surface area contributed by atoms with Gasteiger partial charge in [-0.15, -0.1) is 9.24 Å². The molecule has 0 saturated carbocycles. The molecular weight excluding hydrogens is 151 g/mol. The van der Waals surface area contributed by atoms with Crippen LogP contribution >= 0.6 is 20.8 Å². The largest absolute Gasteiger partial charge is 0.133 e. The predicted octanol–water partition coefficient (Wildman–Crippen LogP) is 2.72. The summed E-state index contributed by atoms with van der Waals surface area (Å²) in [7, 11) is 2.64. The van der Waals surface area contributed by atoms with Gasteiger partial charge in [-0.05, 0) is 17.8 Å². The number of hydrogen-bond acceptors (Lipinski definition) is 0. The first-order valence-corrected chi connectivity index (χ1v) is 3.97. The van der Waals surface area contributed by atoms with Crippen LogP contribution in [0.1, 0.15) is 5.56 Å². The van der Waals surface area contributed by atoms with Crippen LogP contribution < -0.4 is 0 Å². The molecule has 1 rings (SSSR count). The highest BCUT2D eigenvalue weighted by molar-refractivity contribution is 7.15. The van der Waals surface area contributed by atoms with E-state index < -0.39 is 0 Å². The summed E-state index contributed by atoms with van der Waals surface area (Å²) in [5.41, 5.74) is 1.18. The molecule has 48 valence electrons. The molecule has 1 aromatic rings. The number of benzene rings is 1. The standard InChI is InChI=1S/C7H8ClP/c8-7-4-2-1-3-6(7)5-9/h1-4H,5,9H2. The van der Waals surface area contributed by atoms with Crippen molar-refractivity contribution >= 4 is 20.8 Å². The van der Waals surface area contributed by atoms with Crippen LogP contribution in [0.2, 0.25) is 5.02 Å². The quantitative estimate of drug-likeness (QED) is 0.552. The van der Waals surface area contributed by atoms with Gasteiger partial charge in [0.1, 0.15) is 0 Å². The second kappa shape index (κ2) is 3.20. The molecule has 0 spiro atoms. The number of hydrogen-bond donors (Lipinski definition) is 0. The number of halogens is 1. The van der Waals surface area contributed by atoms with Crippen LogP contribution in [0.4, 0.5) is 0 Å². The smallest absolute Gasteiger partial charge is 0.0441 e. The Hall–Kier alpha value is -0.0600. The van der Waals surface area contributed by atoms with Gasteiger partial charge in [0, 0.05) is 5.02 Å². The van der Waals surface area contributed by atoms with E-state index in [1.54, 1.807) is 0 Å². The summed E-state index contributed by atoms with van der Waals surface area (Å²) in [6, 6.07) is 7.85. The lowest BCUT2D eigenvalue weighted by Gasteiger charge is -1.96. The molecule has 1 atom stereocenters. The Morgan fingerprint density at radius 1 is 1.33 bits per heavy atom. The molecule has 0 N–H and O–H groups in total. The minimum absolute atomic E-state index is 0.854.